The number of pyridine rings is 1. The van der Waals surface area contributed by atoms with Gasteiger partial charge in [0.1, 0.15) is 5.75 Å². The number of ether oxygens (including phenoxy) is 1. The average Bonchev–Trinajstić information content (AvgIpc) is 3.08. The zero-order valence-corrected chi connectivity index (χ0v) is 8.67. The smallest absolute Gasteiger partial charge is 0.264 e. The minimum atomic E-state index is 0.297. The Morgan fingerprint density at radius 2 is 2.38 bits per heavy atom. The third-order valence-electron chi connectivity index (χ3n) is 2.42. The summed E-state index contributed by atoms with van der Waals surface area (Å²) in [4.78, 5) is 8.21. The molecule has 0 unspecified atom stereocenters. The van der Waals surface area contributed by atoms with E-state index in [-0.39, 0.29) is 0 Å². The molecule has 0 atom stereocenters. The SMILES string of the molecule is c1cncc(OCc2nc(C3CC3)no2)c1. The van der Waals surface area contributed by atoms with E-state index in [1.807, 2.05) is 12.1 Å². The highest BCUT2D eigenvalue weighted by molar-refractivity contribution is 5.15. The van der Waals surface area contributed by atoms with Crippen molar-refractivity contribution >= 4 is 0 Å². The molecule has 1 aliphatic carbocycles. The Hall–Kier alpha value is -1.91. The highest BCUT2D eigenvalue weighted by Crippen LogP contribution is 2.38. The minimum Gasteiger partial charge on any atom is -0.482 e. The van der Waals surface area contributed by atoms with Crippen LogP contribution in [0.2, 0.25) is 0 Å². The molecular weight excluding hydrogens is 206 g/mol. The molecule has 0 aromatic carbocycles. The van der Waals surface area contributed by atoms with E-state index in [1.54, 1.807) is 12.4 Å². The summed E-state index contributed by atoms with van der Waals surface area (Å²) in [5, 5.41) is 3.91. The van der Waals surface area contributed by atoms with Gasteiger partial charge in [0, 0.05) is 12.1 Å². The fraction of sp³-hybridized carbons (Fsp3) is 0.364. The zero-order valence-electron chi connectivity index (χ0n) is 8.67. The van der Waals surface area contributed by atoms with Gasteiger partial charge in [-0.3, -0.25) is 4.98 Å². The van der Waals surface area contributed by atoms with Crippen LogP contribution in [-0.4, -0.2) is 15.1 Å². The molecule has 0 radical (unpaired) electrons. The number of aromatic nitrogens is 3. The molecule has 0 bridgehead atoms. The molecule has 82 valence electrons. The summed E-state index contributed by atoms with van der Waals surface area (Å²) in [7, 11) is 0. The Morgan fingerprint density at radius 3 is 3.12 bits per heavy atom. The maximum atomic E-state index is 5.45. The molecule has 5 heteroatoms. The largest absolute Gasteiger partial charge is 0.482 e. The van der Waals surface area contributed by atoms with Crippen molar-refractivity contribution < 1.29 is 9.26 Å². The van der Waals surface area contributed by atoms with E-state index < -0.39 is 0 Å². The van der Waals surface area contributed by atoms with Crippen molar-refractivity contribution in [3.63, 3.8) is 0 Å². The Kier molecular flexibility index (Phi) is 2.29. The first-order valence-electron chi connectivity index (χ1n) is 5.27. The minimum absolute atomic E-state index is 0.297. The summed E-state index contributed by atoms with van der Waals surface area (Å²) in [6, 6.07) is 3.66. The first-order chi connectivity index (χ1) is 7.92. The molecule has 0 spiro atoms. The molecule has 1 saturated carbocycles. The molecular formula is C11H11N3O2. The van der Waals surface area contributed by atoms with Crippen LogP contribution in [0.25, 0.3) is 0 Å². The van der Waals surface area contributed by atoms with Crippen molar-refractivity contribution in [1.29, 1.82) is 0 Å². The second kappa shape index (κ2) is 3.92. The summed E-state index contributed by atoms with van der Waals surface area (Å²) in [5.41, 5.74) is 0. The highest BCUT2D eigenvalue weighted by atomic mass is 16.5. The lowest BCUT2D eigenvalue weighted by Gasteiger charge is -2.00. The van der Waals surface area contributed by atoms with Crippen molar-refractivity contribution in [3.8, 4) is 5.75 Å². The molecule has 2 heterocycles. The van der Waals surface area contributed by atoms with Crippen molar-refractivity contribution in [2.75, 3.05) is 0 Å². The van der Waals surface area contributed by atoms with Gasteiger partial charge < -0.3 is 9.26 Å². The first-order valence-corrected chi connectivity index (χ1v) is 5.27. The van der Waals surface area contributed by atoms with Crippen LogP contribution in [0.15, 0.2) is 29.0 Å². The maximum Gasteiger partial charge on any atom is 0.264 e. The standard InChI is InChI=1S/C11H11N3O2/c1-2-9(6-12-5-1)15-7-10-13-11(14-16-10)8-3-4-8/h1-2,5-6,8H,3-4,7H2. The Bertz CT molecular complexity index is 465. The van der Waals surface area contributed by atoms with Gasteiger partial charge in [-0.1, -0.05) is 5.16 Å². The van der Waals surface area contributed by atoms with E-state index >= 15 is 0 Å². The van der Waals surface area contributed by atoms with Crippen molar-refractivity contribution in [2.24, 2.45) is 0 Å². The molecule has 5 nitrogen and oxygen atoms in total. The van der Waals surface area contributed by atoms with Gasteiger partial charge >= 0.3 is 0 Å². The van der Waals surface area contributed by atoms with Crippen LogP contribution in [0.4, 0.5) is 0 Å². The lowest BCUT2D eigenvalue weighted by Crippen LogP contribution is -1.96. The Labute approximate surface area is 92.5 Å². The topological polar surface area (TPSA) is 61.0 Å². The molecule has 2 aromatic rings. The monoisotopic (exact) mass is 217 g/mol. The summed E-state index contributed by atoms with van der Waals surface area (Å²) < 4.78 is 10.5. The fourth-order valence-electron chi connectivity index (χ4n) is 1.41. The normalized spacial score (nSPS) is 15.0. The molecule has 3 rings (SSSR count). The molecule has 1 fully saturated rings. The quantitative estimate of drug-likeness (QED) is 0.782. The number of rotatable bonds is 4. The van der Waals surface area contributed by atoms with E-state index in [1.165, 1.54) is 12.8 Å². The van der Waals surface area contributed by atoms with E-state index in [9.17, 15) is 0 Å². The van der Waals surface area contributed by atoms with Gasteiger partial charge in [-0.2, -0.15) is 4.98 Å². The molecule has 0 N–H and O–H groups in total. The zero-order chi connectivity index (χ0) is 10.8. The Morgan fingerprint density at radius 1 is 1.44 bits per heavy atom. The Balaban J connectivity index is 1.61. The molecule has 0 aliphatic heterocycles. The predicted octanol–water partition coefficient (Wildman–Crippen LogP) is 1.92. The van der Waals surface area contributed by atoms with Gasteiger partial charge in [0.25, 0.3) is 5.89 Å². The summed E-state index contributed by atoms with van der Waals surface area (Å²) in [5.74, 6) is 2.54. The third-order valence-corrected chi connectivity index (χ3v) is 2.42. The van der Waals surface area contributed by atoms with Gasteiger partial charge in [0.2, 0.25) is 0 Å². The molecule has 1 aliphatic rings. The van der Waals surface area contributed by atoms with Gasteiger partial charge in [-0.05, 0) is 25.0 Å². The number of hydrogen-bond acceptors (Lipinski definition) is 5. The van der Waals surface area contributed by atoms with Crippen LogP contribution in [0.3, 0.4) is 0 Å². The van der Waals surface area contributed by atoms with Gasteiger partial charge in [-0.15, -0.1) is 0 Å². The molecule has 0 amide bonds. The van der Waals surface area contributed by atoms with Crippen LogP contribution >= 0.6 is 0 Å². The van der Waals surface area contributed by atoms with Crippen LogP contribution in [-0.2, 0) is 6.61 Å². The summed E-state index contributed by atoms with van der Waals surface area (Å²) in [6.07, 6.45) is 5.69. The number of nitrogens with zero attached hydrogens (tertiary/aromatic N) is 3. The van der Waals surface area contributed by atoms with Crippen molar-refractivity contribution in [3.05, 3.63) is 36.2 Å². The first kappa shape index (κ1) is 9.33. The second-order valence-corrected chi connectivity index (χ2v) is 3.80. The van der Waals surface area contributed by atoms with Gasteiger partial charge in [-0.25, -0.2) is 0 Å². The van der Waals surface area contributed by atoms with Crippen LogP contribution in [0, 0.1) is 0 Å². The van der Waals surface area contributed by atoms with E-state index in [4.69, 9.17) is 9.26 Å². The lowest BCUT2D eigenvalue weighted by atomic mass is 10.4. The van der Waals surface area contributed by atoms with Crippen LogP contribution in [0.1, 0.15) is 30.5 Å². The van der Waals surface area contributed by atoms with Crippen molar-refractivity contribution in [2.45, 2.75) is 25.4 Å². The summed E-state index contributed by atoms with van der Waals surface area (Å²) in [6.45, 7) is 0.297. The number of hydrogen-bond donors (Lipinski definition) is 0. The maximum absolute atomic E-state index is 5.45. The third kappa shape index (κ3) is 2.03. The lowest BCUT2D eigenvalue weighted by molar-refractivity contribution is 0.242. The predicted molar refractivity (Wildman–Crippen MR) is 54.8 cm³/mol. The molecule has 2 aromatic heterocycles. The van der Waals surface area contributed by atoms with E-state index in [0.717, 1.165) is 5.82 Å². The van der Waals surface area contributed by atoms with E-state index in [0.29, 0.717) is 24.2 Å². The van der Waals surface area contributed by atoms with E-state index in [2.05, 4.69) is 15.1 Å². The van der Waals surface area contributed by atoms with Crippen LogP contribution in [0.5, 0.6) is 5.75 Å². The fourth-order valence-corrected chi connectivity index (χ4v) is 1.41. The molecule has 16 heavy (non-hydrogen) atoms. The highest BCUT2D eigenvalue weighted by Gasteiger charge is 2.28. The van der Waals surface area contributed by atoms with Gasteiger partial charge in [0.15, 0.2) is 12.4 Å². The summed E-state index contributed by atoms with van der Waals surface area (Å²) >= 11 is 0. The average molecular weight is 217 g/mol. The second-order valence-electron chi connectivity index (χ2n) is 3.80. The van der Waals surface area contributed by atoms with Crippen molar-refractivity contribution in [1.82, 2.24) is 15.1 Å². The van der Waals surface area contributed by atoms with Gasteiger partial charge in [0.05, 0.1) is 6.20 Å². The van der Waals surface area contributed by atoms with Crippen LogP contribution < -0.4 is 4.74 Å². The molecule has 0 saturated heterocycles.